The number of aromatic nitrogens is 2. The van der Waals surface area contributed by atoms with E-state index in [9.17, 15) is 31.5 Å². The molecule has 0 atom stereocenters. The van der Waals surface area contributed by atoms with Crippen LogP contribution in [0.1, 0.15) is 37.5 Å². The van der Waals surface area contributed by atoms with Gasteiger partial charge in [0.1, 0.15) is 30.5 Å². The molecule has 2 amide bonds. The molecule has 6 rings (SSSR count). The number of fused-ring (bicyclic) bond motifs is 1. The maximum atomic E-state index is 13.6. The molecule has 2 aromatic heterocycles. The number of rotatable bonds is 11. The maximum Gasteiger partial charge on any atom is 0.416 e. The highest BCUT2D eigenvalue weighted by atomic mass is 19.4. The quantitative estimate of drug-likeness (QED) is 0.142. The van der Waals surface area contributed by atoms with Gasteiger partial charge in [-0.05, 0) is 72.6 Å². The molecule has 1 aliphatic rings. The number of ether oxygens (including phenoxy) is 2. The SMILES string of the molecule is Cc1cc(C(F)(F)F)ccc1C(=O)Nc1ccc(Oc2ccc3cc(C(=O)N4CCN(Cc5ccc(OC(CF)CF)cc5)CC4)n(C)c3c2)nc1. The van der Waals surface area contributed by atoms with E-state index in [2.05, 4.69) is 15.2 Å². The number of amides is 2. The molecule has 272 valence electrons. The number of pyridine rings is 1. The van der Waals surface area contributed by atoms with Crippen molar-refractivity contribution >= 4 is 28.4 Å². The van der Waals surface area contributed by atoms with Crippen LogP contribution >= 0.6 is 0 Å². The lowest BCUT2D eigenvalue weighted by Gasteiger charge is -2.34. The van der Waals surface area contributed by atoms with Gasteiger partial charge in [0.05, 0.1) is 23.0 Å². The van der Waals surface area contributed by atoms with Crippen LogP contribution < -0.4 is 14.8 Å². The molecule has 3 heterocycles. The fourth-order valence-corrected chi connectivity index (χ4v) is 6.01. The second-order valence-corrected chi connectivity index (χ2v) is 12.5. The van der Waals surface area contributed by atoms with E-state index in [0.717, 1.165) is 34.7 Å². The molecule has 0 saturated carbocycles. The Morgan fingerprint density at radius 2 is 1.60 bits per heavy atom. The molecule has 0 bridgehead atoms. The first-order valence-electron chi connectivity index (χ1n) is 16.5. The van der Waals surface area contributed by atoms with Crippen LogP contribution in [0.5, 0.6) is 17.4 Å². The molecule has 5 aromatic rings. The van der Waals surface area contributed by atoms with Crippen molar-refractivity contribution in [3.8, 4) is 17.4 Å². The zero-order chi connectivity index (χ0) is 37.0. The van der Waals surface area contributed by atoms with Crippen molar-refractivity contribution < 1.29 is 41.0 Å². The minimum atomic E-state index is -4.50. The highest BCUT2D eigenvalue weighted by Gasteiger charge is 2.31. The number of carbonyl (C=O) groups excluding carboxylic acids is 2. The van der Waals surface area contributed by atoms with Crippen molar-refractivity contribution in [3.63, 3.8) is 0 Å². The van der Waals surface area contributed by atoms with Crippen LogP contribution in [0, 0.1) is 6.92 Å². The van der Waals surface area contributed by atoms with Crippen LogP contribution in [-0.2, 0) is 19.8 Å². The van der Waals surface area contributed by atoms with E-state index in [-0.39, 0.29) is 22.9 Å². The van der Waals surface area contributed by atoms with E-state index >= 15 is 0 Å². The summed E-state index contributed by atoms with van der Waals surface area (Å²) in [6.45, 7) is 2.80. The Morgan fingerprint density at radius 3 is 2.23 bits per heavy atom. The lowest BCUT2D eigenvalue weighted by atomic mass is 10.0. The number of nitrogens with one attached hydrogen (secondary N) is 1. The molecule has 9 nitrogen and oxygen atoms in total. The Labute approximate surface area is 296 Å². The van der Waals surface area contributed by atoms with Crippen LogP contribution in [0.25, 0.3) is 10.9 Å². The number of benzene rings is 3. The Kier molecular flexibility index (Phi) is 10.7. The summed E-state index contributed by atoms with van der Waals surface area (Å²) < 4.78 is 77.6. The number of hydrogen-bond donors (Lipinski definition) is 1. The number of alkyl halides is 5. The molecule has 0 spiro atoms. The van der Waals surface area contributed by atoms with Crippen molar-refractivity contribution in [2.45, 2.75) is 25.7 Å². The third-order valence-electron chi connectivity index (χ3n) is 8.89. The number of anilines is 1. The van der Waals surface area contributed by atoms with Crippen molar-refractivity contribution in [3.05, 3.63) is 113 Å². The van der Waals surface area contributed by atoms with Crippen molar-refractivity contribution in [1.29, 1.82) is 0 Å². The summed E-state index contributed by atoms with van der Waals surface area (Å²) in [6.07, 6.45) is -4.21. The van der Waals surface area contributed by atoms with Gasteiger partial charge in [0.15, 0.2) is 6.10 Å². The van der Waals surface area contributed by atoms with Crippen LogP contribution in [0.2, 0.25) is 0 Å². The van der Waals surface area contributed by atoms with Gasteiger partial charge in [-0.3, -0.25) is 14.5 Å². The molecule has 1 fully saturated rings. The Morgan fingerprint density at radius 1 is 0.885 bits per heavy atom. The summed E-state index contributed by atoms with van der Waals surface area (Å²) in [5.41, 5.74) is 2.17. The first-order valence-corrected chi connectivity index (χ1v) is 16.5. The third-order valence-corrected chi connectivity index (χ3v) is 8.89. The van der Waals surface area contributed by atoms with Gasteiger partial charge in [-0.2, -0.15) is 13.2 Å². The topological polar surface area (TPSA) is 88.9 Å². The zero-order valence-electron chi connectivity index (χ0n) is 28.4. The standard InChI is InChI=1S/C38H36F5N5O4/c1-24-17-27(38(41,42)43)6-11-32(24)36(49)45-28-7-12-35(44-22-28)52-30-10-5-26-18-34(46(2)33(26)19-30)37(50)48-15-13-47(14-16-48)23-25-3-8-29(9-4-25)51-31(20-39)21-40/h3-12,17-19,22,31H,13-16,20-21,23H2,1-2H3,(H,45,49). The summed E-state index contributed by atoms with van der Waals surface area (Å²) >= 11 is 0. The van der Waals surface area contributed by atoms with Gasteiger partial charge in [-0.1, -0.05) is 12.1 Å². The molecule has 0 aliphatic carbocycles. The molecule has 52 heavy (non-hydrogen) atoms. The minimum Gasteiger partial charge on any atom is -0.485 e. The van der Waals surface area contributed by atoms with Gasteiger partial charge >= 0.3 is 6.18 Å². The number of hydrogen-bond acceptors (Lipinski definition) is 6. The van der Waals surface area contributed by atoms with Crippen molar-refractivity contribution in [2.24, 2.45) is 7.05 Å². The second kappa shape index (κ2) is 15.4. The fraction of sp³-hybridized carbons (Fsp3) is 0.289. The van der Waals surface area contributed by atoms with E-state index in [0.29, 0.717) is 55.6 Å². The summed E-state index contributed by atoms with van der Waals surface area (Å²) in [6, 6.07) is 20.5. The van der Waals surface area contributed by atoms with Crippen LogP contribution in [0.15, 0.2) is 85.1 Å². The molecular formula is C38H36F5N5O4. The normalized spacial score (nSPS) is 13.8. The summed E-state index contributed by atoms with van der Waals surface area (Å²) in [4.78, 5) is 34.6. The van der Waals surface area contributed by atoms with Crippen LogP contribution in [0.3, 0.4) is 0 Å². The third kappa shape index (κ3) is 8.34. The minimum absolute atomic E-state index is 0.0802. The van der Waals surface area contributed by atoms with Crippen molar-refractivity contribution in [1.82, 2.24) is 19.4 Å². The number of aryl methyl sites for hydroxylation is 2. The van der Waals surface area contributed by atoms with E-state index in [4.69, 9.17) is 9.47 Å². The molecule has 14 heteroatoms. The zero-order valence-corrected chi connectivity index (χ0v) is 28.4. The number of nitrogens with zero attached hydrogens (tertiary/aromatic N) is 4. The lowest BCUT2D eigenvalue weighted by molar-refractivity contribution is -0.137. The summed E-state index contributed by atoms with van der Waals surface area (Å²) in [5, 5.41) is 3.50. The van der Waals surface area contributed by atoms with E-state index < -0.39 is 37.1 Å². The molecular weight excluding hydrogens is 685 g/mol. The van der Waals surface area contributed by atoms with Crippen LogP contribution in [0.4, 0.5) is 27.6 Å². The second-order valence-electron chi connectivity index (χ2n) is 12.5. The number of carbonyl (C=O) groups is 2. The first-order chi connectivity index (χ1) is 24.9. The monoisotopic (exact) mass is 721 g/mol. The largest absolute Gasteiger partial charge is 0.485 e. The predicted molar refractivity (Wildman–Crippen MR) is 185 cm³/mol. The molecule has 1 saturated heterocycles. The highest BCUT2D eigenvalue weighted by Crippen LogP contribution is 2.31. The lowest BCUT2D eigenvalue weighted by Crippen LogP contribution is -2.48. The van der Waals surface area contributed by atoms with Gasteiger partial charge in [-0.25, -0.2) is 13.8 Å². The molecule has 0 radical (unpaired) electrons. The van der Waals surface area contributed by atoms with Gasteiger partial charge in [0.25, 0.3) is 11.8 Å². The predicted octanol–water partition coefficient (Wildman–Crippen LogP) is 7.59. The number of halogens is 5. The Bertz CT molecular complexity index is 2040. The molecule has 1 aliphatic heterocycles. The van der Waals surface area contributed by atoms with Gasteiger partial charge in [0.2, 0.25) is 5.88 Å². The molecule has 3 aromatic carbocycles. The van der Waals surface area contributed by atoms with E-state index in [1.807, 2.05) is 40.8 Å². The number of piperazine rings is 1. The highest BCUT2D eigenvalue weighted by molar-refractivity contribution is 6.05. The molecule has 1 N–H and O–H groups in total. The maximum absolute atomic E-state index is 13.6. The molecule has 0 unspecified atom stereocenters. The smallest absolute Gasteiger partial charge is 0.416 e. The average Bonchev–Trinajstić information content (AvgIpc) is 3.46. The van der Waals surface area contributed by atoms with Gasteiger partial charge < -0.3 is 24.3 Å². The summed E-state index contributed by atoms with van der Waals surface area (Å²) in [7, 11) is 1.82. The fourth-order valence-electron chi connectivity index (χ4n) is 6.01. The van der Waals surface area contributed by atoms with Crippen LogP contribution in [-0.4, -0.2) is 76.8 Å². The van der Waals surface area contributed by atoms with Crippen molar-refractivity contribution in [2.75, 3.05) is 44.8 Å². The first kappa shape index (κ1) is 36.3. The Balaban J connectivity index is 1.03. The summed E-state index contributed by atoms with van der Waals surface area (Å²) in [5.74, 6) is 0.500. The van der Waals surface area contributed by atoms with E-state index in [1.165, 1.54) is 13.1 Å². The Hall–Kier alpha value is -5.50. The van der Waals surface area contributed by atoms with Gasteiger partial charge in [0, 0.05) is 62.9 Å². The average molecular weight is 722 g/mol. The van der Waals surface area contributed by atoms with E-state index in [1.54, 1.807) is 36.4 Å². The van der Waals surface area contributed by atoms with Gasteiger partial charge in [-0.15, -0.1) is 0 Å².